The zero-order valence-electron chi connectivity index (χ0n) is 15.6. The van der Waals surface area contributed by atoms with Crippen LogP contribution >= 0.6 is 23.2 Å². The average molecular weight is 435 g/mol. The molecule has 0 bridgehead atoms. The third-order valence-electron chi connectivity index (χ3n) is 5.07. The maximum absolute atomic E-state index is 12.6. The van der Waals surface area contributed by atoms with Crippen molar-refractivity contribution in [3.63, 3.8) is 0 Å². The number of nitrogens with zero attached hydrogens (tertiary/aromatic N) is 1. The van der Waals surface area contributed by atoms with E-state index in [4.69, 9.17) is 28.2 Å². The van der Waals surface area contributed by atoms with Crippen molar-refractivity contribution >= 4 is 51.5 Å². The number of halogens is 2. The van der Waals surface area contributed by atoms with Crippen molar-refractivity contribution in [3.05, 3.63) is 99.8 Å². The van der Waals surface area contributed by atoms with Gasteiger partial charge in [0.1, 0.15) is 5.82 Å². The molecule has 5 rings (SSSR count). The fourth-order valence-electron chi connectivity index (χ4n) is 3.71. The summed E-state index contributed by atoms with van der Waals surface area (Å²) >= 11 is 12.8. The normalized spacial score (nSPS) is 16.5. The van der Waals surface area contributed by atoms with Gasteiger partial charge in [0, 0.05) is 5.57 Å². The van der Waals surface area contributed by atoms with Crippen LogP contribution in [-0.2, 0) is 0 Å². The van der Waals surface area contributed by atoms with Gasteiger partial charge in [-0.2, -0.15) is 0 Å². The number of aromatic nitrogens is 2. The number of benzene rings is 3. The van der Waals surface area contributed by atoms with Crippen LogP contribution in [0.4, 0.5) is 4.79 Å². The first-order valence-electron chi connectivity index (χ1n) is 9.38. The number of hydrogen-bond donors (Lipinski definition) is 3. The van der Waals surface area contributed by atoms with E-state index in [0.29, 0.717) is 27.1 Å². The van der Waals surface area contributed by atoms with Crippen molar-refractivity contribution in [2.24, 2.45) is 0 Å². The molecule has 1 aliphatic rings. The lowest BCUT2D eigenvalue weighted by Crippen LogP contribution is -2.43. The van der Waals surface area contributed by atoms with Crippen molar-refractivity contribution in [2.75, 3.05) is 0 Å². The summed E-state index contributed by atoms with van der Waals surface area (Å²) in [7, 11) is 0. The summed E-state index contributed by atoms with van der Waals surface area (Å²) < 4.78 is 0. The summed E-state index contributed by atoms with van der Waals surface area (Å²) in [5.74, 6) is 0.642. The van der Waals surface area contributed by atoms with Crippen molar-refractivity contribution in [3.8, 4) is 0 Å². The monoisotopic (exact) mass is 434 g/mol. The number of urea groups is 1. The average Bonchev–Trinajstić information content (AvgIpc) is 3.19. The Bertz CT molecular complexity index is 1260. The van der Waals surface area contributed by atoms with E-state index in [1.165, 1.54) is 0 Å². The van der Waals surface area contributed by atoms with E-state index >= 15 is 0 Å². The van der Waals surface area contributed by atoms with Gasteiger partial charge in [0.05, 0.1) is 32.8 Å². The summed E-state index contributed by atoms with van der Waals surface area (Å²) in [4.78, 5) is 20.8. The van der Waals surface area contributed by atoms with Gasteiger partial charge in [0.25, 0.3) is 0 Å². The zero-order valence-corrected chi connectivity index (χ0v) is 17.1. The number of aromatic amines is 1. The van der Waals surface area contributed by atoms with Crippen LogP contribution in [0.25, 0.3) is 22.3 Å². The molecule has 148 valence electrons. The number of nitrogens with one attached hydrogen (secondary N) is 3. The fraction of sp³-hybridized carbons (Fsp3) is 0.0435. The number of rotatable bonds is 3. The highest BCUT2D eigenvalue weighted by Gasteiger charge is 2.33. The fourth-order valence-corrected chi connectivity index (χ4v) is 4.13. The molecule has 1 atom stereocenters. The molecule has 3 aromatic carbocycles. The van der Waals surface area contributed by atoms with E-state index in [1.807, 2.05) is 66.7 Å². The Morgan fingerprint density at radius 1 is 0.867 bits per heavy atom. The van der Waals surface area contributed by atoms with E-state index in [0.717, 1.165) is 22.2 Å². The van der Waals surface area contributed by atoms with Crippen LogP contribution in [0.15, 0.2) is 72.8 Å². The van der Waals surface area contributed by atoms with E-state index in [2.05, 4.69) is 15.6 Å². The first-order valence-corrected chi connectivity index (χ1v) is 10.1. The molecule has 0 unspecified atom stereocenters. The van der Waals surface area contributed by atoms with Crippen LogP contribution in [-0.4, -0.2) is 16.0 Å². The number of carbonyl (C=O) groups excluding carboxylic acids is 1. The van der Waals surface area contributed by atoms with Gasteiger partial charge in [-0.1, -0.05) is 77.8 Å². The Morgan fingerprint density at radius 2 is 1.63 bits per heavy atom. The van der Waals surface area contributed by atoms with E-state index in [9.17, 15) is 4.79 Å². The van der Waals surface area contributed by atoms with Crippen LogP contribution in [0.2, 0.25) is 10.0 Å². The zero-order chi connectivity index (χ0) is 20.7. The van der Waals surface area contributed by atoms with Gasteiger partial charge in [0.15, 0.2) is 0 Å². The highest BCUT2D eigenvalue weighted by molar-refractivity contribution is 6.42. The number of para-hydroxylation sites is 2. The first-order chi connectivity index (χ1) is 14.6. The minimum atomic E-state index is -0.541. The maximum atomic E-state index is 12.6. The predicted octanol–water partition coefficient (Wildman–Crippen LogP) is 5.79. The Balaban J connectivity index is 1.80. The van der Waals surface area contributed by atoms with Gasteiger partial charge in [0.2, 0.25) is 0 Å². The molecule has 1 aromatic heterocycles. The molecular formula is C23H16Cl2N4O. The van der Waals surface area contributed by atoms with Crippen LogP contribution in [0.5, 0.6) is 0 Å². The number of imidazole rings is 1. The Morgan fingerprint density at radius 3 is 2.43 bits per heavy atom. The predicted molar refractivity (Wildman–Crippen MR) is 120 cm³/mol. The summed E-state index contributed by atoms with van der Waals surface area (Å²) in [6, 6.07) is 22.0. The maximum Gasteiger partial charge on any atom is 0.320 e. The number of amides is 2. The smallest absolute Gasteiger partial charge is 0.320 e. The second-order valence-corrected chi connectivity index (χ2v) is 7.72. The van der Waals surface area contributed by atoms with Gasteiger partial charge in [-0.15, -0.1) is 0 Å². The largest absolute Gasteiger partial charge is 0.338 e. The molecule has 2 amide bonds. The molecule has 0 fully saturated rings. The number of H-pyrrole nitrogens is 1. The number of carbonyl (C=O) groups is 1. The quantitative estimate of drug-likeness (QED) is 0.381. The molecule has 1 aliphatic heterocycles. The van der Waals surface area contributed by atoms with Crippen LogP contribution in [0, 0.1) is 0 Å². The molecule has 0 saturated heterocycles. The van der Waals surface area contributed by atoms with Gasteiger partial charge in [-0.25, -0.2) is 9.78 Å². The molecule has 2 heterocycles. The summed E-state index contributed by atoms with van der Waals surface area (Å²) in [6.45, 7) is 0. The Labute approximate surface area is 182 Å². The topological polar surface area (TPSA) is 69.8 Å². The standard InChI is InChI=1S/C23H16Cl2N4O/c24-15-10-6-9-14(19(15)25)21-18(22-26-16-11-4-5-12-17(16)27-22)20(28-23(30)29-21)13-7-2-1-3-8-13/h1-12,21H,(H,26,27)(H2,28,29,30)/t21-/m1/s1. The van der Waals surface area contributed by atoms with Crippen molar-refractivity contribution in [2.45, 2.75) is 6.04 Å². The van der Waals surface area contributed by atoms with Gasteiger partial charge in [-0.3, -0.25) is 0 Å². The lowest BCUT2D eigenvalue weighted by Gasteiger charge is -2.30. The second kappa shape index (κ2) is 7.52. The number of hydrogen-bond acceptors (Lipinski definition) is 2. The second-order valence-electron chi connectivity index (χ2n) is 6.93. The van der Waals surface area contributed by atoms with E-state index in [-0.39, 0.29) is 6.03 Å². The van der Waals surface area contributed by atoms with Crippen LogP contribution < -0.4 is 10.6 Å². The van der Waals surface area contributed by atoms with Crippen LogP contribution in [0.1, 0.15) is 23.0 Å². The summed E-state index contributed by atoms with van der Waals surface area (Å²) in [6.07, 6.45) is 0. The molecule has 3 N–H and O–H groups in total. The van der Waals surface area contributed by atoms with E-state index in [1.54, 1.807) is 6.07 Å². The van der Waals surface area contributed by atoms with Gasteiger partial charge < -0.3 is 15.6 Å². The Kier molecular flexibility index (Phi) is 4.69. The molecule has 0 saturated carbocycles. The minimum Gasteiger partial charge on any atom is -0.338 e. The lowest BCUT2D eigenvalue weighted by molar-refractivity contribution is 0.242. The third-order valence-corrected chi connectivity index (χ3v) is 5.90. The highest BCUT2D eigenvalue weighted by atomic mass is 35.5. The molecule has 0 radical (unpaired) electrons. The molecular weight excluding hydrogens is 419 g/mol. The number of fused-ring (bicyclic) bond motifs is 1. The van der Waals surface area contributed by atoms with Crippen molar-refractivity contribution < 1.29 is 4.79 Å². The molecule has 7 heteroatoms. The molecule has 0 aliphatic carbocycles. The molecule has 5 nitrogen and oxygen atoms in total. The molecule has 30 heavy (non-hydrogen) atoms. The lowest BCUT2D eigenvalue weighted by atomic mass is 9.92. The summed E-state index contributed by atoms with van der Waals surface area (Å²) in [5.41, 5.74) is 4.75. The van der Waals surface area contributed by atoms with Gasteiger partial charge >= 0.3 is 6.03 Å². The SMILES string of the molecule is O=C1NC(c2ccccc2)=C(c2nc3ccccc3[nH]2)[C@@H](c2cccc(Cl)c2Cl)N1. The first kappa shape index (κ1) is 18.7. The summed E-state index contributed by atoms with van der Waals surface area (Å²) in [5, 5.41) is 6.75. The molecule has 4 aromatic rings. The molecule has 0 spiro atoms. The third kappa shape index (κ3) is 3.22. The highest BCUT2D eigenvalue weighted by Crippen LogP contribution is 2.41. The van der Waals surface area contributed by atoms with Gasteiger partial charge in [-0.05, 0) is 29.3 Å². The minimum absolute atomic E-state index is 0.324. The van der Waals surface area contributed by atoms with E-state index < -0.39 is 6.04 Å². The Hall–Kier alpha value is -3.28. The van der Waals surface area contributed by atoms with Crippen molar-refractivity contribution in [1.82, 2.24) is 20.6 Å². The van der Waals surface area contributed by atoms with Crippen LogP contribution in [0.3, 0.4) is 0 Å². The van der Waals surface area contributed by atoms with Crippen molar-refractivity contribution in [1.29, 1.82) is 0 Å².